The van der Waals surface area contributed by atoms with Crippen LogP contribution in [0.3, 0.4) is 0 Å². The summed E-state index contributed by atoms with van der Waals surface area (Å²) >= 11 is 6.27. The van der Waals surface area contributed by atoms with Crippen molar-refractivity contribution in [3.63, 3.8) is 0 Å². The first-order valence-electron chi connectivity index (χ1n) is 17.4. The van der Waals surface area contributed by atoms with Gasteiger partial charge in [0.25, 0.3) is 0 Å². The van der Waals surface area contributed by atoms with Crippen LogP contribution in [0.4, 0.5) is 0 Å². The summed E-state index contributed by atoms with van der Waals surface area (Å²) in [5.74, 6) is -2.77. The fraction of sp³-hybridized carbons (Fsp3) is 0.538. The predicted molar refractivity (Wildman–Crippen MR) is 195 cm³/mol. The van der Waals surface area contributed by atoms with Crippen molar-refractivity contribution in [2.24, 2.45) is 28.9 Å². The lowest BCUT2D eigenvalue weighted by Crippen LogP contribution is -2.52. The van der Waals surface area contributed by atoms with Crippen LogP contribution in [0.2, 0.25) is 5.02 Å². The van der Waals surface area contributed by atoms with E-state index < -0.39 is 41.4 Å². The molecule has 0 unspecified atom stereocenters. The van der Waals surface area contributed by atoms with Crippen LogP contribution in [0.1, 0.15) is 57.8 Å². The maximum atomic E-state index is 14.0. The van der Waals surface area contributed by atoms with Crippen molar-refractivity contribution in [3.05, 3.63) is 76.8 Å². The largest absolute Gasteiger partial charge is 0.495 e. The van der Waals surface area contributed by atoms with Crippen LogP contribution in [0, 0.1) is 23.2 Å². The number of halogens is 1. The zero-order valence-corrected chi connectivity index (χ0v) is 31.9. The van der Waals surface area contributed by atoms with Crippen molar-refractivity contribution in [2.45, 2.75) is 71.4 Å². The van der Waals surface area contributed by atoms with Crippen LogP contribution in [0.25, 0.3) is 0 Å². The molecule has 0 saturated carbocycles. The van der Waals surface area contributed by atoms with Crippen LogP contribution < -0.4 is 15.8 Å². The number of epoxide rings is 1. The highest BCUT2D eigenvalue weighted by molar-refractivity contribution is 6.32. The van der Waals surface area contributed by atoms with E-state index in [0.29, 0.717) is 17.2 Å². The minimum Gasteiger partial charge on any atom is -0.495 e. The third kappa shape index (κ3) is 12.3. The van der Waals surface area contributed by atoms with E-state index in [2.05, 4.69) is 5.32 Å². The van der Waals surface area contributed by atoms with E-state index in [1.54, 1.807) is 25.1 Å². The predicted octanol–water partition coefficient (Wildman–Crippen LogP) is 5.00. The van der Waals surface area contributed by atoms with Crippen molar-refractivity contribution < 1.29 is 47.6 Å². The second-order valence-electron chi connectivity index (χ2n) is 13.8. The quantitative estimate of drug-likeness (QED) is 0.0953. The molecule has 3 N–H and O–H groups in total. The Morgan fingerprint density at radius 3 is 2.23 bits per heavy atom. The molecule has 2 aromatic carbocycles. The Kier molecular flexibility index (Phi) is 16.6. The van der Waals surface area contributed by atoms with E-state index in [0.717, 1.165) is 11.1 Å². The van der Waals surface area contributed by atoms with Crippen LogP contribution >= 0.6 is 11.6 Å². The van der Waals surface area contributed by atoms with Crippen LogP contribution in [0.5, 0.6) is 5.75 Å². The molecule has 0 aromatic heterocycles. The molecule has 12 nitrogen and oxygen atoms in total. The Hall–Kier alpha value is -3.97. The fourth-order valence-corrected chi connectivity index (χ4v) is 6.31. The van der Waals surface area contributed by atoms with Crippen LogP contribution in [-0.4, -0.2) is 83.2 Å². The maximum absolute atomic E-state index is 14.0. The van der Waals surface area contributed by atoms with Gasteiger partial charge in [-0.2, -0.15) is 0 Å². The average molecular weight is 745 g/mol. The summed E-state index contributed by atoms with van der Waals surface area (Å²) in [6.07, 6.45) is 1.09. The van der Waals surface area contributed by atoms with Gasteiger partial charge in [0.05, 0.1) is 31.5 Å². The summed E-state index contributed by atoms with van der Waals surface area (Å²) in [5, 5.41) is 3.29. The first-order chi connectivity index (χ1) is 24.7. The number of rotatable bonds is 22. The number of nitrogens with one attached hydrogen (secondary N) is 1. The molecule has 2 aromatic rings. The van der Waals surface area contributed by atoms with E-state index in [4.69, 9.17) is 45.8 Å². The van der Waals surface area contributed by atoms with E-state index in [1.807, 2.05) is 57.2 Å². The van der Waals surface area contributed by atoms with E-state index >= 15 is 0 Å². The van der Waals surface area contributed by atoms with Gasteiger partial charge in [0.2, 0.25) is 11.8 Å². The highest BCUT2D eigenvalue weighted by Crippen LogP contribution is 2.45. The normalized spacial score (nSPS) is 17.9. The molecule has 52 heavy (non-hydrogen) atoms. The molecular formula is C39H53ClN2O10. The lowest BCUT2D eigenvalue weighted by Gasteiger charge is -2.33. The molecule has 6 atom stereocenters. The van der Waals surface area contributed by atoms with Gasteiger partial charge in [-0.25, -0.2) is 4.79 Å². The smallest absolute Gasteiger partial charge is 0.347 e. The fourth-order valence-electron chi connectivity index (χ4n) is 6.03. The molecule has 0 aliphatic carbocycles. The first kappa shape index (κ1) is 42.4. The van der Waals surface area contributed by atoms with Gasteiger partial charge in [-0.15, -0.1) is 0 Å². The monoisotopic (exact) mass is 744 g/mol. The highest BCUT2D eigenvalue weighted by atomic mass is 35.5. The summed E-state index contributed by atoms with van der Waals surface area (Å²) in [6.45, 7) is 6.94. The first-order valence-corrected chi connectivity index (χ1v) is 17.8. The molecule has 0 spiro atoms. The molecule has 13 heteroatoms. The van der Waals surface area contributed by atoms with Crippen LogP contribution in [-0.2, 0) is 49.3 Å². The summed E-state index contributed by atoms with van der Waals surface area (Å²) < 4.78 is 34.0. The van der Waals surface area contributed by atoms with E-state index in [-0.39, 0.29) is 62.6 Å². The van der Waals surface area contributed by atoms with Gasteiger partial charge in [0, 0.05) is 39.0 Å². The van der Waals surface area contributed by atoms with E-state index in [9.17, 15) is 19.2 Å². The van der Waals surface area contributed by atoms with Crippen molar-refractivity contribution in [1.82, 2.24) is 5.32 Å². The Morgan fingerprint density at radius 1 is 0.981 bits per heavy atom. The number of hydrogen-bond acceptors (Lipinski definition) is 10. The van der Waals surface area contributed by atoms with Crippen molar-refractivity contribution in [1.29, 1.82) is 0 Å². The SMILES string of the molecule is COCC(CNC(=O)[C@H](C)Cc1ccc(OC)c(Cl)c1)(COC)C(=O)O[C@@H](CC(C)C)C(=O)O[C@@H](C/C=C/C(N)=O)[C@H](C)[C@H]1O[C@@H]1c1ccccc1. The van der Waals surface area contributed by atoms with Gasteiger partial charge in [-0.1, -0.05) is 81.8 Å². The number of ether oxygens (including phenoxy) is 6. The number of amides is 2. The molecule has 1 saturated heterocycles. The average Bonchev–Trinajstić information content (AvgIpc) is 3.91. The second kappa shape index (κ2) is 20.3. The van der Waals surface area contributed by atoms with Gasteiger partial charge in [0.15, 0.2) is 6.10 Å². The molecule has 3 rings (SSSR count). The number of nitrogens with two attached hydrogens (primary N) is 1. The van der Waals surface area contributed by atoms with Crippen molar-refractivity contribution >= 4 is 35.4 Å². The molecule has 286 valence electrons. The topological polar surface area (TPSA) is 165 Å². The van der Waals surface area contributed by atoms with Gasteiger partial charge < -0.3 is 39.5 Å². The number of primary amides is 1. The Morgan fingerprint density at radius 2 is 1.65 bits per heavy atom. The summed E-state index contributed by atoms with van der Waals surface area (Å²) in [6, 6.07) is 15.0. The number of carbonyl (C=O) groups excluding carboxylic acids is 4. The standard InChI is InChI=1S/C39H53ClN2O10/c1-24(2)18-32(37(45)50-30(14-11-15-33(41)43)26(4)34-35(52-34)28-12-9-8-10-13-28)51-38(46)39(22-47-5,23-48-6)21-42-36(44)25(3)19-27-16-17-31(49-7)29(40)20-27/h8-13,15-17,20,24-26,30,32,34-35H,14,18-19,21-23H2,1-7H3,(H2,41,43)(H,42,44)/b15-11+/t25-,26+,30+,32+,34-,35-/m1/s1. The van der Waals surface area contributed by atoms with Crippen LogP contribution in [0.15, 0.2) is 60.7 Å². The molecule has 1 heterocycles. The zero-order chi connectivity index (χ0) is 38.4. The molecule has 0 radical (unpaired) electrons. The molecule has 1 aliphatic rings. The third-order valence-corrected chi connectivity index (χ3v) is 9.25. The molecular weight excluding hydrogens is 692 g/mol. The third-order valence-electron chi connectivity index (χ3n) is 8.95. The number of methoxy groups -OCH3 is 3. The van der Waals surface area contributed by atoms with Crippen molar-refractivity contribution in [2.75, 3.05) is 41.1 Å². The van der Waals surface area contributed by atoms with Gasteiger partial charge in [0.1, 0.15) is 23.4 Å². The summed E-state index contributed by atoms with van der Waals surface area (Å²) in [7, 11) is 4.37. The van der Waals surface area contributed by atoms with E-state index in [1.165, 1.54) is 27.4 Å². The lowest BCUT2D eigenvalue weighted by molar-refractivity contribution is -0.184. The maximum Gasteiger partial charge on any atom is 0.347 e. The molecule has 1 fully saturated rings. The molecule has 2 amide bonds. The number of hydrogen-bond donors (Lipinski definition) is 2. The van der Waals surface area contributed by atoms with Gasteiger partial charge in [-0.05, 0) is 48.1 Å². The Balaban J connectivity index is 1.77. The number of carbonyl (C=O) groups is 4. The van der Waals surface area contributed by atoms with Gasteiger partial charge >= 0.3 is 11.9 Å². The molecule has 0 bridgehead atoms. The van der Waals surface area contributed by atoms with Crippen molar-refractivity contribution in [3.8, 4) is 5.75 Å². The summed E-state index contributed by atoms with van der Waals surface area (Å²) in [4.78, 5) is 52.6. The molecule has 1 aliphatic heterocycles. The number of esters is 2. The highest BCUT2D eigenvalue weighted by Gasteiger charge is 2.48. The number of benzene rings is 2. The summed E-state index contributed by atoms with van der Waals surface area (Å²) in [5.41, 5.74) is 5.67. The zero-order valence-electron chi connectivity index (χ0n) is 31.1. The minimum absolute atomic E-state index is 0.0588. The Labute approximate surface area is 311 Å². The second-order valence-corrected chi connectivity index (χ2v) is 14.2. The minimum atomic E-state index is -1.49. The van der Waals surface area contributed by atoms with Gasteiger partial charge in [-0.3, -0.25) is 14.4 Å². The lowest BCUT2D eigenvalue weighted by atomic mass is 9.89. The Bertz CT molecular complexity index is 1510.